The lowest BCUT2D eigenvalue weighted by atomic mass is 9.49. The van der Waals surface area contributed by atoms with Crippen molar-refractivity contribution in [1.29, 1.82) is 0 Å². The molecule has 3 N–H and O–H groups in total. The topological polar surface area (TPSA) is 63.8 Å². The number of fused-ring (bicyclic) bond motifs is 1. The van der Waals surface area contributed by atoms with Gasteiger partial charge in [0, 0.05) is 12.1 Å². The van der Waals surface area contributed by atoms with Gasteiger partial charge in [-0.3, -0.25) is 0 Å². The van der Waals surface area contributed by atoms with Crippen molar-refractivity contribution in [3.05, 3.63) is 11.3 Å². The van der Waals surface area contributed by atoms with E-state index in [1.165, 1.54) is 69.0 Å². The molecule has 0 spiro atoms. The van der Waals surface area contributed by atoms with Gasteiger partial charge in [-0.15, -0.1) is 0 Å². The minimum Gasteiger partial charge on any atom is -0.370 e. The zero-order valence-corrected chi connectivity index (χ0v) is 14.7. The summed E-state index contributed by atoms with van der Waals surface area (Å²) in [4.78, 5) is 8.99. The van der Waals surface area contributed by atoms with Gasteiger partial charge in [0.15, 0.2) is 0 Å². The summed E-state index contributed by atoms with van der Waals surface area (Å²) in [6.07, 6.45) is 15.0. The molecule has 6 rings (SSSR count). The predicted molar refractivity (Wildman–Crippen MR) is 96.8 cm³/mol. The third kappa shape index (κ3) is 2.58. The molecule has 5 aliphatic carbocycles. The fraction of sp³-hybridized carbons (Fsp3) is 0.800. The lowest BCUT2D eigenvalue weighted by Gasteiger charge is -2.57. The van der Waals surface area contributed by atoms with Crippen LogP contribution in [-0.2, 0) is 12.8 Å². The summed E-state index contributed by atoms with van der Waals surface area (Å²) >= 11 is 0. The maximum Gasteiger partial charge on any atom is 0.222 e. The predicted octanol–water partition coefficient (Wildman–Crippen LogP) is 3.96. The Hall–Kier alpha value is -1.32. The summed E-state index contributed by atoms with van der Waals surface area (Å²) in [5.74, 6) is 4.59. The van der Waals surface area contributed by atoms with Crippen LogP contribution >= 0.6 is 0 Å². The number of hydrogen-bond donors (Lipinski definition) is 2. The highest BCUT2D eigenvalue weighted by Crippen LogP contribution is 2.61. The molecule has 0 amide bonds. The Morgan fingerprint density at radius 2 is 1.62 bits per heavy atom. The Balaban J connectivity index is 1.28. The van der Waals surface area contributed by atoms with Gasteiger partial charge in [-0.25, -0.2) is 4.98 Å². The van der Waals surface area contributed by atoms with Crippen LogP contribution in [0, 0.1) is 23.2 Å². The Morgan fingerprint density at radius 3 is 2.33 bits per heavy atom. The summed E-state index contributed by atoms with van der Waals surface area (Å²) in [6.45, 7) is 1.05. The van der Waals surface area contributed by atoms with E-state index in [0.717, 1.165) is 43.0 Å². The molecule has 4 bridgehead atoms. The molecule has 130 valence electrons. The molecule has 0 unspecified atom stereocenters. The zero-order chi connectivity index (χ0) is 16.1. The molecule has 4 heteroatoms. The molecule has 0 aliphatic heterocycles. The van der Waals surface area contributed by atoms with Crippen LogP contribution in [0.2, 0.25) is 0 Å². The molecule has 0 saturated heterocycles. The number of hydrogen-bond acceptors (Lipinski definition) is 4. The maximum atomic E-state index is 5.94. The van der Waals surface area contributed by atoms with Crippen LogP contribution in [-0.4, -0.2) is 16.5 Å². The van der Waals surface area contributed by atoms with Gasteiger partial charge < -0.3 is 11.1 Å². The molecule has 1 aromatic rings. The molecule has 4 fully saturated rings. The standard InChI is InChI=1S/C20H30N4/c21-19-23-17-4-2-1-3-16(17)18(24-19)22-6-5-20-10-13-7-14(11-20)9-15(8-13)12-20/h13-15H,1-12H2,(H3,21,22,23,24). The summed E-state index contributed by atoms with van der Waals surface area (Å²) in [7, 11) is 0. The van der Waals surface area contributed by atoms with Gasteiger partial charge >= 0.3 is 0 Å². The largest absolute Gasteiger partial charge is 0.370 e. The summed E-state index contributed by atoms with van der Waals surface area (Å²) in [5.41, 5.74) is 9.10. The van der Waals surface area contributed by atoms with Crippen molar-refractivity contribution >= 4 is 11.8 Å². The van der Waals surface area contributed by atoms with Crippen molar-refractivity contribution < 1.29 is 0 Å². The normalized spacial score (nSPS) is 36.6. The molecule has 24 heavy (non-hydrogen) atoms. The Bertz CT molecular complexity index is 603. The van der Waals surface area contributed by atoms with E-state index in [9.17, 15) is 0 Å². The highest BCUT2D eigenvalue weighted by Gasteiger charge is 2.50. The first-order chi connectivity index (χ1) is 11.7. The van der Waals surface area contributed by atoms with Crippen molar-refractivity contribution in [3.8, 4) is 0 Å². The van der Waals surface area contributed by atoms with Crippen molar-refractivity contribution in [2.45, 2.75) is 70.6 Å². The first-order valence-corrected chi connectivity index (χ1v) is 10.1. The minimum absolute atomic E-state index is 0.438. The number of anilines is 2. The van der Waals surface area contributed by atoms with Crippen LogP contribution in [0.15, 0.2) is 0 Å². The molecular weight excluding hydrogens is 296 g/mol. The van der Waals surface area contributed by atoms with Crippen molar-refractivity contribution in [3.63, 3.8) is 0 Å². The minimum atomic E-state index is 0.438. The molecule has 4 nitrogen and oxygen atoms in total. The van der Waals surface area contributed by atoms with E-state index in [1.54, 1.807) is 0 Å². The van der Waals surface area contributed by atoms with E-state index in [-0.39, 0.29) is 0 Å². The zero-order valence-electron chi connectivity index (χ0n) is 14.7. The average Bonchev–Trinajstić information content (AvgIpc) is 2.53. The van der Waals surface area contributed by atoms with Crippen LogP contribution in [0.1, 0.15) is 69.0 Å². The van der Waals surface area contributed by atoms with Gasteiger partial charge in [-0.2, -0.15) is 4.98 Å². The van der Waals surface area contributed by atoms with Crippen LogP contribution in [0.5, 0.6) is 0 Å². The number of nitrogens with two attached hydrogens (primary N) is 1. The Labute approximate surface area is 145 Å². The summed E-state index contributed by atoms with van der Waals surface area (Å²) < 4.78 is 0. The van der Waals surface area contributed by atoms with Crippen molar-refractivity contribution in [2.24, 2.45) is 23.2 Å². The highest BCUT2D eigenvalue weighted by molar-refractivity contribution is 5.50. The molecule has 4 saturated carbocycles. The van der Waals surface area contributed by atoms with E-state index in [4.69, 9.17) is 5.73 Å². The SMILES string of the molecule is Nc1nc2c(c(NCCC34CC5CC(CC(C5)C3)C4)n1)CCCC2. The van der Waals surface area contributed by atoms with Crippen LogP contribution in [0.4, 0.5) is 11.8 Å². The second-order valence-electron chi connectivity index (χ2n) is 9.16. The fourth-order valence-corrected chi connectivity index (χ4v) is 6.80. The van der Waals surface area contributed by atoms with E-state index in [1.807, 2.05) is 0 Å². The lowest BCUT2D eigenvalue weighted by molar-refractivity contribution is -0.0552. The van der Waals surface area contributed by atoms with Crippen molar-refractivity contribution in [2.75, 3.05) is 17.6 Å². The maximum absolute atomic E-state index is 5.94. The molecule has 0 aromatic carbocycles. The van der Waals surface area contributed by atoms with Crippen LogP contribution in [0.3, 0.4) is 0 Å². The van der Waals surface area contributed by atoms with E-state index < -0.39 is 0 Å². The van der Waals surface area contributed by atoms with Gasteiger partial charge in [-0.1, -0.05) is 0 Å². The lowest BCUT2D eigenvalue weighted by Crippen LogP contribution is -2.46. The Morgan fingerprint density at radius 1 is 0.958 bits per heavy atom. The molecule has 1 heterocycles. The van der Waals surface area contributed by atoms with Gasteiger partial charge in [-0.05, 0) is 93.8 Å². The smallest absolute Gasteiger partial charge is 0.222 e. The first-order valence-electron chi connectivity index (χ1n) is 10.1. The van der Waals surface area contributed by atoms with Gasteiger partial charge in [0.1, 0.15) is 5.82 Å². The number of aryl methyl sites for hydroxylation is 1. The fourth-order valence-electron chi connectivity index (χ4n) is 6.80. The average molecular weight is 326 g/mol. The highest BCUT2D eigenvalue weighted by atomic mass is 15.1. The Kier molecular flexibility index (Phi) is 3.50. The van der Waals surface area contributed by atoms with Crippen LogP contribution in [0.25, 0.3) is 0 Å². The van der Waals surface area contributed by atoms with Crippen LogP contribution < -0.4 is 11.1 Å². The monoisotopic (exact) mass is 326 g/mol. The number of nitrogen functional groups attached to an aromatic ring is 1. The van der Waals surface area contributed by atoms with E-state index in [0.29, 0.717) is 11.4 Å². The van der Waals surface area contributed by atoms with Crippen molar-refractivity contribution in [1.82, 2.24) is 9.97 Å². The molecular formula is C20H30N4. The van der Waals surface area contributed by atoms with Gasteiger partial charge in [0.2, 0.25) is 5.95 Å². The first kappa shape index (κ1) is 15.0. The molecule has 5 aliphatic rings. The number of nitrogens with one attached hydrogen (secondary N) is 1. The second-order valence-corrected chi connectivity index (χ2v) is 9.16. The number of nitrogens with zero attached hydrogens (tertiary/aromatic N) is 2. The molecule has 1 aromatic heterocycles. The molecule has 0 radical (unpaired) electrons. The molecule has 0 atom stereocenters. The van der Waals surface area contributed by atoms with E-state index in [2.05, 4.69) is 15.3 Å². The summed E-state index contributed by atoms with van der Waals surface area (Å²) in [6, 6.07) is 0. The second kappa shape index (κ2) is 5.60. The third-order valence-corrected chi connectivity index (χ3v) is 7.31. The quantitative estimate of drug-likeness (QED) is 0.879. The van der Waals surface area contributed by atoms with Gasteiger partial charge in [0.25, 0.3) is 0 Å². The van der Waals surface area contributed by atoms with E-state index >= 15 is 0 Å². The summed E-state index contributed by atoms with van der Waals surface area (Å²) in [5, 5.41) is 3.66. The number of aromatic nitrogens is 2. The van der Waals surface area contributed by atoms with Gasteiger partial charge in [0.05, 0.1) is 5.69 Å². The number of rotatable bonds is 4. The third-order valence-electron chi connectivity index (χ3n) is 7.31.